The number of carboxylic acids is 1. The minimum absolute atomic E-state index is 0.0405. The molecule has 26 heavy (non-hydrogen) atoms. The van der Waals surface area contributed by atoms with Gasteiger partial charge in [-0.25, -0.2) is 8.42 Å². The van der Waals surface area contributed by atoms with Gasteiger partial charge in [-0.1, -0.05) is 6.07 Å². The van der Waals surface area contributed by atoms with Gasteiger partial charge in [0.25, 0.3) is 5.69 Å². The van der Waals surface area contributed by atoms with Crippen molar-refractivity contribution in [1.29, 1.82) is 0 Å². The first-order chi connectivity index (χ1) is 12.1. The second kappa shape index (κ2) is 7.79. The average molecular weight is 385 g/mol. The van der Waals surface area contributed by atoms with Crippen molar-refractivity contribution in [2.45, 2.75) is 17.7 Å². The fraction of sp³-hybridized carbons (Fsp3) is 0.467. The van der Waals surface area contributed by atoms with Crippen LogP contribution >= 0.6 is 0 Å². The summed E-state index contributed by atoms with van der Waals surface area (Å²) < 4.78 is 25.9. The van der Waals surface area contributed by atoms with Crippen LogP contribution in [0, 0.1) is 16.0 Å². The summed E-state index contributed by atoms with van der Waals surface area (Å²) in [5, 5.41) is 19.9. The minimum atomic E-state index is -4.09. The summed E-state index contributed by atoms with van der Waals surface area (Å²) in [5.74, 6) is -2.15. The molecule has 1 amide bonds. The van der Waals surface area contributed by atoms with E-state index in [2.05, 4.69) is 0 Å². The number of non-ortho nitro benzene ring substituents is 1. The third-order valence-corrected chi connectivity index (χ3v) is 6.02. The van der Waals surface area contributed by atoms with Crippen molar-refractivity contribution < 1.29 is 28.0 Å². The van der Waals surface area contributed by atoms with E-state index in [1.165, 1.54) is 30.1 Å². The van der Waals surface area contributed by atoms with E-state index in [0.717, 1.165) is 10.4 Å². The number of likely N-dealkylation sites (tertiary alicyclic amines) is 1. The number of nitro groups is 1. The smallest absolute Gasteiger partial charge is 0.308 e. The van der Waals surface area contributed by atoms with Crippen LogP contribution in [0.15, 0.2) is 29.2 Å². The lowest BCUT2D eigenvalue weighted by atomic mass is 9.98. The van der Waals surface area contributed by atoms with Gasteiger partial charge in [-0.15, -0.1) is 0 Å². The van der Waals surface area contributed by atoms with Crippen LogP contribution in [0.2, 0.25) is 0 Å². The van der Waals surface area contributed by atoms with Crippen LogP contribution in [0.1, 0.15) is 12.8 Å². The molecule has 11 heteroatoms. The van der Waals surface area contributed by atoms with Gasteiger partial charge in [0, 0.05) is 32.3 Å². The third kappa shape index (κ3) is 4.35. The molecular weight excluding hydrogens is 366 g/mol. The molecule has 0 radical (unpaired) electrons. The molecule has 0 bridgehead atoms. The van der Waals surface area contributed by atoms with Crippen LogP contribution in [-0.2, 0) is 19.6 Å². The molecule has 1 aliphatic heterocycles. The van der Waals surface area contributed by atoms with Crippen molar-refractivity contribution in [3.05, 3.63) is 34.4 Å². The summed E-state index contributed by atoms with van der Waals surface area (Å²) in [6, 6.07) is 4.56. The Morgan fingerprint density at radius 1 is 1.42 bits per heavy atom. The quantitative estimate of drug-likeness (QED) is 0.557. The molecule has 2 rings (SSSR count). The van der Waals surface area contributed by atoms with E-state index >= 15 is 0 Å². The molecule has 1 aromatic carbocycles. The highest BCUT2D eigenvalue weighted by atomic mass is 32.2. The van der Waals surface area contributed by atoms with Crippen molar-refractivity contribution in [3.8, 4) is 0 Å². The minimum Gasteiger partial charge on any atom is -0.481 e. The summed E-state index contributed by atoms with van der Waals surface area (Å²) in [6.07, 6.45) is 1.00. The number of nitrogens with zero attached hydrogens (tertiary/aromatic N) is 3. The number of hydrogen-bond acceptors (Lipinski definition) is 6. The number of hydrogen-bond donors (Lipinski definition) is 1. The second-order valence-corrected chi connectivity index (χ2v) is 8.08. The van der Waals surface area contributed by atoms with E-state index in [1.54, 1.807) is 0 Å². The van der Waals surface area contributed by atoms with Crippen molar-refractivity contribution in [1.82, 2.24) is 9.21 Å². The molecule has 0 aliphatic carbocycles. The molecule has 1 fully saturated rings. The Kier molecular flexibility index (Phi) is 5.93. The third-order valence-electron chi connectivity index (χ3n) is 4.22. The van der Waals surface area contributed by atoms with Crippen LogP contribution in [-0.4, -0.2) is 66.2 Å². The van der Waals surface area contributed by atoms with Gasteiger partial charge in [-0.05, 0) is 18.9 Å². The van der Waals surface area contributed by atoms with Gasteiger partial charge in [-0.2, -0.15) is 4.31 Å². The Bertz CT molecular complexity index is 824. The van der Waals surface area contributed by atoms with Gasteiger partial charge in [-0.3, -0.25) is 19.7 Å². The van der Waals surface area contributed by atoms with Crippen molar-refractivity contribution in [2.24, 2.45) is 5.92 Å². The molecule has 1 atom stereocenters. The van der Waals surface area contributed by atoms with Crippen LogP contribution in [0.4, 0.5) is 5.69 Å². The maximum Gasteiger partial charge on any atom is 0.308 e. The summed E-state index contributed by atoms with van der Waals surface area (Å²) >= 11 is 0. The Morgan fingerprint density at radius 2 is 2.12 bits per heavy atom. The number of nitro benzene ring substituents is 1. The summed E-state index contributed by atoms with van der Waals surface area (Å²) in [5.41, 5.74) is -0.369. The van der Waals surface area contributed by atoms with Crippen molar-refractivity contribution >= 4 is 27.6 Å². The molecule has 1 N–H and O–H groups in total. The zero-order valence-electron chi connectivity index (χ0n) is 14.1. The van der Waals surface area contributed by atoms with E-state index in [-0.39, 0.29) is 17.1 Å². The summed E-state index contributed by atoms with van der Waals surface area (Å²) in [6.45, 7) is -0.0659. The molecule has 142 valence electrons. The number of carboxylic acid groups (broad SMARTS) is 1. The summed E-state index contributed by atoms with van der Waals surface area (Å²) in [4.78, 5) is 34.6. The number of carbonyl (C=O) groups is 2. The van der Waals surface area contributed by atoms with Gasteiger partial charge in [0.2, 0.25) is 15.9 Å². The SMILES string of the molecule is CN(CC(=O)N1CCCC(C(=O)O)C1)S(=O)(=O)c1cccc([N+](=O)[O-])c1. The normalized spacial score (nSPS) is 17.9. The van der Waals surface area contributed by atoms with E-state index < -0.39 is 39.3 Å². The Morgan fingerprint density at radius 3 is 2.73 bits per heavy atom. The maximum atomic E-state index is 12.5. The highest BCUT2D eigenvalue weighted by molar-refractivity contribution is 7.89. The maximum absolute atomic E-state index is 12.5. The number of benzene rings is 1. The molecular formula is C15H19N3O7S. The fourth-order valence-electron chi connectivity index (χ4n) is 2.72. The highest BCUT2D eigenvalue weighted by Crippen LogP contribution is 2.21. The number of rotatable bonds is 6. The fourth-order valence-corrected chi connectivity index (χ4v) is 3.88. The van der Waals surface area contributed by atoms with Gasteiger partial charge < -0.3 is 10.0 Å². The van der Waals surface area contributed by atoms with Gasteiger partial charge in [0.05, 0.1) is 22.3 Å². The largest absolute Gasteiger partial charge is 0.481 e. The number of carbonyl (C=O) groups excluding carboxylic acids is 1. The molecule has 1 aromatic rings. The number of amides is 1. The summed E-state index contributed by atoms with van der Waals surface area (Å²) in [7, 11) is -2.89. The molecule has 10 nitrogen and oxygen atoms in total. The van der Waals surface area contributed by atoms with Crippen molar-refractivity contribution in [3.63, 3.8) is 0 Å². The number of sulfonamides is 1. The average Bonchev–Trinajstić information content (AvgIpc) is 2.61. The monoisotopic (exact) mass is 385 g/mol. The Labute approximate surface area is 150 Å². The van der Waals surface area contributed by atoms with Gasteiger partial charge in [0.15, 0.2) is 0 Å². The molecule has 0 spiro atoms. The first-order valence-corrected chi connectivity index (χ1v) is 9.28. The predicted molar refractivity (Wildman–Crippen MR) is 89.9 cm³/mol. The Hall–Kier alpha value is -2.53. The lowest BCUT2D eigenvalue weighted by Gasteiger charge is -2.31. The van der Waals surface area contributed by atoms with Crippen molar-refractivity contribution in [2.75, 3.05) is 26.7 Å². The Balaban J connectivity index is 2.11. The van der Waals surface area contributed by atoms with E-state index in [1.807, 2.05) is 0 Å². The van der Waals surface area contributed by atoms with Crippen LogP contribution in [0.5, 0.6) is 0 Å². The van der Waals surface area contributed by atoms with E-state index in [4.69, 9.17) is 5.11 Å². The molecule has 1 saturated heterocycles. The first-order valence-electron chi connectivity index (χ1n) is 7.84. The number of likely N-dealkylation sites (N-methyl/N-ethyl adjacent to an activating group) is 1. The lowest BCUT2D eigenvalue weighted by molar-refractivity contribution is -0.385. The van der Waals surface area contributed by atoms with Crippen LogP contribution in [0.3, 0.4) is 0 Å². The van der Waals surface area contributed by atoms with E-state index in [0.29, 0.717) is 19.4 Å². The standard InChI is InChI=1S/C15H19N3O7S/c1-16(10-14(19)17-7-3-4-11(9-17)15(20)21)26(24,25)13-6-2-5-12(8-13)18(22)23/h2,5-6,8,11H,3-4,7,9-10H2,1H3,(H,20,21). The van der Waals surface area contributed by atoms with Gasteiger partial charge >= 0.3 is 5.97 Å². The van der Waals surface area contributed by atoms with Crippen LogP contribution < -0.4 is 0 Å². The first kappa shape index (κ1) is 19.8. The second-order valence-electron chi connectivity index (χ2n) is 6.03. The molecule has 1 heterocycles. The molecule has 0 saturated carbocycles. The van der Waals surface area contributed by atoms with Gasteiger partial charge in [0.1, 0.15) is 0 Å². The van der Waals surface area contributed by atoms with E-state index in [9.17, 15) is 28.1 Å². The zero-order chi connectivity index (χ0) is 19.5. The number of aliphatic carboxylic acids is 1. The zero-order valence-corrected chi connectivity index (χ0v) is 14.9. The molecule has 1 aliphatic rings. The predicted octanol–water partition coefficient (Wildman–Crippen LogP) is 0.539. The number of piperidine rings is 1. The topological polar surface area (TPSA) is 138 Å². The molecule has 1 unspecified atom stereocenters. The lowest BCUT2D eigenvalue weighted by Crippen LogP contribution is -2.46. The van der Waals surface area contributed by atoms with Crippen LogP contribution in [0.25, 0.3) is 0 Å². The molecule has 0 aromatic heterocycles. The highest BCUT2D eigenvalue weighted by Gasteiger charge is 2.31.